The number of hydrogen-bond acceptors (Lipinski definition) is 9. The molecule has 2 heterocycles. The first kappa shape index (κ1) is 23.3. The molecule has 2 N–H and O–H groups in total. The number of hydrazone groups is 1. The Balaban J connectivity index is 2.12. The Morgan fingerprint density at radius 2 is 1.51 bits per heavy atom. The van der Waals surface area contributed by atoms with E-state index >= 15 is 0 Å². The van der Waals surface area contributed by atoms with Crippen LogP contribution in [-0.4, -0.2) is 37.8 Å². The summed E-state index contributed by atoms with van der Waals surface area (Å²) in [7, 11) is 2.24. The zero-order chi connectivity index (χ0) is 25.3. The molecule has 10 heteroatoms. The summed E-state index contributed by atoms with van der Waals surface area (Å²) in [5.74, 6) is -2.93. The van der Waals surface area contributed by atoms with Crippen LogP contribution >= 0.6 is 0 Å². The van der Waals surface area contributed by atoms with Gasteiger partial charge in [0, 0.05) is 5.69 Å². The van der Waals surface area contributed by atoms with Crippen molar-refractivity contribution in [3.05, 3.63) is 83.3 Å². The quantitative estimate of drug-likeness (QED) is 0.670. The number of ether oxygens (including phenoxy) is 2. The summed E-state index contributed by atoms with van der Waals surface area (Å²) in [6.45, 7) is 1.49. The van der Waals surface area contributed by atoms with Crippen molar-refractivity contribution in [2.75, 3.05) is 24.1 Å². The maximum Gasteiger partial charge on any atom is 0.355 e. The van der Waals surface area contributed by atoms with Crippen molar-refractivity contribution in [3.8, 4) is 6.07 Å². The van der Waals surface area contributed by atoms with Crippen molar-refractivity contribution >= 4 is 34.9 Å². The minimum absolute atomic E-state index is 0.0698. The summed E-state index contributed by atoms with van der Waals surface area (Å²) in [5.41, 5.74) is 4.20. The van der Waals surface area contributed by atoms with E-state index in [-0.39, 0.29) is 22.8 Å². The lowest BCUT2D eigenvalue weighted by atomic mass is 9.67. The Morgan fingerprint density at radius 3 is 2.03 bits per heavy atom. The number of methoxy groups -OCH3 is 2. The lowest BCUT2D eigenvalue weighted by molar-refractivity contribution is -0.141. The third-order valence-electron chi connectivity index (χ3n) is 5.91. The maximum atomic E-state index is 14.1. The van der Waals surface area contributed by atoms with Gasteiger partial charge in [0.25, 0.3) is 5.91 Å². The molecule has 0 radical (unpaired) electrons. The van der Waals surface area contributed by atoms with E-state index in [1.54, 1.807) is 60.7 Å². The normalized spacial score (nSPS) is 19.6. The Labute approximate surface area is 201 Å². The second-order valence-corrected chi connectivity index (χ2v) is 7.64. The topological polar surface area (TPSA) is 138 Å². The number of anilines is 2. The van der Waals surface area contributed by atoms with Gasteiger partial charge in [0.1, 0.15) is 17.6 Å². The molecule has 35 heavy (non-hydrogen) atoms. The van der Waals surface area contributed by atoms with Crippen LogP contribution in [0.25, 0.3) is 0 Å². The molecule has 4 rings (SSSR count). The number of rotatable bonds is 4. The van der Waals surface area contributed by atoms with Crippen molar-refractivity contribution < 1.29 is 23.9 Å². The van der Waals surface area contributed by atoms with E-state index in [9.17, 15) is 19.6 Å². The lowest BCUT2D eigenvalue weighted by Gasteiger charge is -2.40. The number of benzene rings is 2. The van der Waals surface area contributed by atoms with Crippen molar-refractivity contribution in [2.45, 2.75) is 6.92 Å². The maximum absolute atomic E-state index is 14.1. The van der Waals surface area contributed by atoms with Gasteiger partial charge in [-0.3, -0.25) is 9.69 Å². The molecule has 1 amide bonds. The van der Waals surface area contributed by atoms with Crippen molar-refractivity contribution in [3.63, 3.8) is 0 Å². The molecule has 0 fully saturated rings. The number of hydrogen-bond donors (Lipinski definition) is 1. The minimum atomic E-state index is -2.10. The summed E-state index contributed by atoms with van der Waals surface area (Å²) < 4.78 is 10.0. The number of para-hydroxylation sites is 2. The zero-order valence-electron chi connectivity index (χ0n) is 19.2. The summed E-state index contributed by atoms with van der Waals surface area (Å²) in [6, 6.07) is 18.9. The van der Waals surface area contributed by atoms with Gasteiger partial charge in [0.05, 0.1) is 36.8 Å². The van der Waals surface area contributed by atoms with Gasteiger partial charge in [0.15, 0.2) is 5.41 Å². The Bertz CT molecular complexity index is 1360. The predicted octanol–water partition coefficient (Wildman–Crippen LogP) is 2.21. The van der Waals surface area contributed by atoms with E-state index in [1.165, 1.54) is 11.8 Å². The molecule has 0 saturated carbocycles. The van der Waals surface area contributed by atoms with E-state index in [0.29, 0.717) is 11.4 Å². The molecular weight excluding hydrogens is 450 g/mol. The number of esters is 2. The number of nitrogens with two attached hydrogens (primary N) is 1. The van der Waals surface area contributed by atoms with Crippen LogP contribution in [0.1, 0.15) is 6.92 Å². The van der Waals surface area contributed by atoms with E-state index in [2.05, 4.69) is 5.10 Å². The molecule has 0 bridgehead atoms. The number of carbonyl (C=O) groups is 3. The van der Waals surface area contributed by atoms with Crippen LogP contribution in [0.3, 0.4) is 0 Å². The molecule has 10 nitrogen and oxygen atoms in total. The first-order chi connectivity index (χ1) is 16.8. The van der Waals surface area contributed by atoms with Crippen LogP contribution in [0.15, 0.2) is 88.4 Å². The fraction of sp³-hybridized carbons (Fsp3) is 0.160. The molecule has 1 spiro atoms. The highest BCUT2D eigenvalue weighted by molar-refractivity contribution is 6.29. The van der Waals surface area contributed by atoms with Gasteiger partial charge in [-0.25, -0.2) is 9.59 Å². The van der Waals surface area contributed by atoms with Crippen LogP contribution in [0.2, 0.25) is 0 Å². The van der Waals surface area contributed by atoms with Gasteiger partial charge in [0.2, 0.25) is 0 Å². The predicted molar refractivity (Wildman–Crippen MR) is 126 cm³/mol. The van der Waals surface area contributed by atoms with Crippen LogP contribution in [0.5, 0.6) is 0 Å². The highest BCUT2D eigenvalue weighted by Gasteiger charge is 2.63. The van der Waals surface area contributed by atoms with Gasteiger partial charge in [-0.2, -0.15) is 15.4 Å². The highest BCUT2D eigenvalue weighted by Crippen LogP contribution is 2.51. The second-order valence-electron chi connectivity index (χ2n) is 7.64. The van der Waals surface area contributed by atoms with Crippen LogP contribution in [-0.2, 0) is 23.9 Å². The van der Waals surface area contributed by atoms with Gasteiger partial charge in [-0.1, -0.05) is 36.4 Å². The molecule has 2 aromatic rings. The van der Waals surface area contributed by atoms with E-state index in [1.807, 2.05) is 6.07 Å². The number of nitrogens with zero attached hydrogens (tertiary/aromatic N) is 4. The highest BCUT2D eigenvalue weighted by atomic mass is 16.5. The van der Waals surface area contributed by atoms with Gasteiger partial charge in [-0.15, -0.1) is 0 Å². The standard InChI is InChI=1S/C25H21N5O5/c1-15-25(24(33)30(28-15)17-12-8-5-9-13-17)18(14-26)21(27)29(16-10-6-4-7-11-16)20(23(32)35-3)19(25)22(31)34-2/h4-13H,27H2,1-3H3. The average molecular weight is 471 g/mol. The Kier molecular flexibility index (Phi) is 5.84. The molecule has 0 saturated heterocycles. The third kappa shape index (κ3) is 3.25. The number of nitriles is 1. The SMILES string of the molecule is COC(=O)C1=C(C(=O)OC)C2(C(=O)N(c3ccccc3)N=C2C)C(C#N)=C(N)N1c1ccccc1. The third-order valence-corrected chi connectivity index (χ3v) is 5.91. The first-order valence-electron chi connectivity index (χ1n) is 10.5. The summed E-state index contributed by atoms with van der Waals surface area (Å²) in [5, 5.41) is 15.7. The van der Waals surface area contributed by atoms with Gasteiger partial charge in [-0.05, 0) is 31.2 Å². The number of amides is 1. The van der Waals surface area contributed by atoms with E-state index in [0.717, 1.165) is 19.2 Å². The first-order valence-corrected chi connectivity index (χ1v) is 10.5. The summed E-state index contributed by atoms with van der Waals surface area (Å²) in [4.78, 5) is 41.8. The van der Waals surface area contributed by atoms with Crippen molar-refractivity contribution in [1.82, 2.24) is 0 Å². The molecule has 2 aliphatic heterocycles. The van der Waals surface area contributed by atoms with Gasteiger partial charge < -0.3 is 15.2 Å². The van der Waals surface area contributed by atoms with Crippen LogP contribution in [0, 0.1) is 16.7 Å². The van der Waals surface area contributed by atoms with E-state index in [4.69, 9.17) is 15.2 Å². The molecule has 176 valence electrons. The molecule has 2 aromatic carbocycles. The van der Waals surface area contributed by atoms with Crippen molar-refractivity contribution in [1.29, 1.82) is 5.26 Å². The Hall–Kier alpha value is -4.91. The van der Waals surface area contributed by atoms with Crippen LogP contribution in [0.4, 0.5) is 11.4 Å². The average Bonchev–Trinajstić information content (AvgIpc) is 3.14. The fourth-order valence-corrected chi connectivity index (χ4v) is 4.37. The molecule has 2 aliphatic rings. The van der Waals surface area contributed by atoms with Gasteiger partial charge >= 0.3 is 11.9 Å². The smallest absolute Gasteiger partial charge is 0.355 e. The monoisotopic (exact) mass is 471 g/mol. The minimum Gasteiger partial charge on any atom is -0.466 e. The molecule has 0 aliphatic carbocycles. The second kappa shape index (κ2) is 8.79. The van der Waals surface area contributed by atoms with Crippen LogP contribution < -0.4 is 15.6 Å². The zero-order valence-corrected chi connectivity index (χ0v) is 19.2. The molecule has 1 unspecified atom stereocenters. The molecule has 0 aromatic heterocycles. The van der Waals surface area contributed by atoms with E-state index < -0.39 is 28.8 Å². The fourth-order valence-electron chi connectivity index (χ4n) is 4.37. The molecular formula is C25H21N5O5. The summed E-state index contributed by atoms with van der Waals surface area (Å²) >= 11 is 0. The van der Waals surface area contributed by atoms with Crippen molar-refractivity contribution in [2.24, 2.45) is 16.3 Å². The largest absolute Gasteiger partial charge is 0.466 e. The lowest BCUT2D eigenvalue weighted by Crippen LogP contribution is -2.53. The molecule has 1 atom stereocenters. The summed E-state index contributed by atoms with van der Waals surface area (Å²) in [6.07, 6.45) is 0. The number of carbonyl (C=O) groups excluding carboxylic acids is 3. The Morgan fingerprint density at radius 1 is 0.971 bits per heavy atom.